The third kappa shape index (κ3) is 3.32. The molecule has 3 aromatic heterocycles. The minimum atomic E-state index is -4.73. The van der Waals surface area contributed by atoms with Crippen LogP contribution in [0.1, 0.15) is 16.3 Å². The molecule has 0 aromatic carbocycles. The second kappa shape index (κ2) is 6.37. The van der Waals surface area contributed by atoms with Crippen LogP contribution in [0.15, 0.2) is 24.8 Å². The zero-order valence-electron chi connectivity index (χ0n) is 14.6. The standard InChI is InChI=1S/C15H15F3N8O/c1-24(2)8-4-21-14(22-5-8)26-7-9(11(23-26)15(16,17)18)10-6-20-13(12(19)27)25(10)3/h4-7H,1-3H3,(H2,19,27). The van der Waals surface area contributed by atoms with E-state index in [1.165, 1.54) is 24.0 Å². The van der Waals surface area contributed by atoms with Crippen molar-refractivity contribution in [3.05, 3.63) is 36.3 Å². The van der Waals surface area contributed by atoms with Crippen LogP contribution in [0.4, 0.5) is 18.9 Å². The van der Waals surface area contributed by atoms with Crippen molar-refractivity contribution in [1.29, 1.82) is 0 Å². The number of anilines is 1. The third-order valence-corrected chi connectivity index (χ3v) is 3.81. The predicted octanol–water partition coefficient (Wildman–Crippen LogP) is 1.25. The van der Waals surface area contributed by atoms with Crippen molar-refractivity contribution < 1.29 is 18.0 Å². The predicted molar refractivity (Wildman–Crippen MR) is 89.2 cm³/mol. The van der Waals surface area contributed by atoms with Gasteiger partial charge in [0.05, 0.1) is 35.5 Å². The third-order valence-electron chi connectivity index (χ3n) is 3.81. The summed E-state index contributed by atoms with van der Waals surface area (Å²) in [6, 6.07) is 0. The number of hydrogen-bond acceptors (Lipinski definition) is 6. The minimum Gasteiger partial charge on any atom is -0.375 e. The summed E-state index contributed by atoms with van der Waals surface area (Å²) in [7, 11) is 4.96. The summed E-state index contributed by atoms with van der Waals surface area (Å²) < 4.78 is 42.6. The van der Waals surface area contributed by atoms with Crippen molar-refractivity contribution in [2.24, 2.45) is 12.8 Å². The molecule has 0 spiro atoms. The number of carbonyl (C=O) groups is 1. The van der Waals surface area contributed by atoms with Gasteiger partial charge >= 0.3 is 6.18 Å². The van der Waals surface area contributed by atoms with Crippen LogP contribution >= 0.6 is 0 Å². The van der Waals surface area contributed by atoms with Gasteiger partial charge in [-0.15, -0.1) is 0 Å². The monoisotopic (exact) mass is 380 g/mol. The van der Waals surface area contributed by atoms with Crippen molar-refractivity contribution in [3.8, 4) is 17.2 Å². The molecule has 9 nitrogen and oxygen atoms in total. The Morgan fingerprint density at radius 1 is 1.15 bits per heavy atom. The quantitative estimate of drug-likeness (QED) is 0.730. The maximum atomic E-state index is 13.5. The van der Waals surface area contributed by atoms with E-state index in [1.807, 2.05) is 0 Å². The lowest BCUT2D eigenvalue weighted by molar-refractivity contribution is -0.140. The molecule has 3 rings (SSSR count). The fourth-order valence-corrected chi connectivity index (χ4v) is 2.43. The highest BCUT2D eigenvalue weighted by Crippen LogP contribution is 2.36. The molecule has 0 radical (unpaired) electrons. The van der Waals surface area contributed by atoms with Crippen LogP contribution < -0.4 is 10.6 Å². The number of nitrogens with two attached hydrogens (primary N) is 1. The smallest absolute Gasteiger partial charge is 0.375 e. The molecule has 0 unspecified atom stereocenters. The zero-order valence-corrected chi connectivity index (χ0v) is 14.6. The first-order valence-electron chi connectivity index (χ1n) is 7.58. The summed E-state index contributed by atoms with van der Waals surface area (Å²) in [4.78, 5) is 24.9. The summed E-state index contributed by atoms with van der Waals surface area (Å²) >= 11 is 0. The Bertz CT molecular complexity index is 988. The van der Waals surface area contributed by atoms with E-state index in [9.17, 15) is 18.0 Å². The number of hydrogen-bond donors (Lipinski definition) is 1. The van der Waals surface area contributed by atoms with E-state index >= 15 is 0 Å². The summed E-state index contributed by atoms with van der Waals surface area (Å²) in [5.74, 6) is -1.06. The maximum absolute atomic E-state index is 13.5. The average Bonchev–Trinajstić information content (AvgIpc) is 3.18. The summed E-state index contributed by atoms with van der Waals surface area (Å²) in [6.07, 6.45) is 0.460. The lowest BCUT2D eigenvalue weighted by Gasteiger charge is -2.10. The number of rotatable bonds is 4. The lowest BCUT2D eigenvalue weighted by atomic mass is 10.2. The van der Waals surface area contributed by atoms with Gasteiger partial charge in [0.15, 0.2) is 11.5 Å². The van der Waals surface area contributed by atoms with E-state index < -0.39 is 17.8 Å². The molecular weight excluding hydrogens is 365 g/mol. The Hall–Kier alpha value is -3.44. The van der Waals surface area contributed by atoms with Crippen LogP contribution in [-0.4, -0.2) is 49.3 Å². The maximum Gasteiger partial charge on any atom is 0.435 e. The molecule has 142 valence electrons. The second-order valence-corrected chi connectivity index (χ2v) is 5.86. The van der Waals surface area contributed by atoms with E-state index in [1.54, 1.807) is 19.0 Å². The highest BCUT2D eigenvalue weighted by molar-refractivity contribution is 5.90. The highest BCUT2D eigenvalue weighted by Gasteiger charge is 2.39. The second-order valence-electron chi connectivity index (χ2n) is 5.86. The van der Waals surface area contributed by atoms with Gasteiger partial charge in [0.25, 0.3) is 11.9 Å². The zero-order chi connectivity index (χ0) is 19.9. The number of alkyl halides is 3. The summed E-state index contributed by atoms with van der Waals surface area (Å²) in [5.41, 5.74) is 4.47. The van der Waals surface area contributed by atoms with Gasteiger partial charge in [-0.3, -0.25) is 4.79 Å². The molecule has 2 N–H and O–H groups in total. The Morgan fingerprint density at radius 3 is 2.26 bits per heavy atom. The molecule has 1 amide bonds. The molecule has 0 fully saturated rings. The summed E-state index contributed by atoms with van der Waals surface area (Å²) in [6.45, 7) is 0. The molecule has 0 saturated heterocycles. The minimum absolute atomic E-state index is 0.0327. The van der Waals surface area contributed by atoms with Crippen molar-refractivity contribution in [3.63, 3.8) is 0 Å². The van der Waals surface area contributed by atoms with Gasteiger partial charge in [-0.05, 0) is 0 Å². The van der Waals surface area contributed by atoms with Gasteiger partial charge in [0, 0.05) is 27.3 Å². The van der Waals surface area contributed by atoms with Crippen molar-refractivity contribution in [2.75, 3.05) is 19.0 Å². The molecule has 3 aromatic rings. The fraction of sp³-hybridized carbons (Fsp3) is 0.267. The fourth-order valence-electron chi connectivity index (χ4n) is 2.43. The van der Waals surface area contributed by atoms with Crippen molar-refractivity contribution in [2.45, 2.75) is 6.18 Å². The molecule has 0 aliphatic heterocycles. The number of halogens is 3. The SMILES string of the molecule is CN(C)c1cnc(-n2cc(-c3cnc(C(N)=O)n3C)c(C(F)(F)F)n2)nc1. The summed E-state index contributed by atoms with van der Waals surface area (Å²) in [5, 5.41) is 3.59. The van der Waals surface area contributed by atoms with E-state index in [4.69, 9.17) is 5.73 Å². The Labute approximate surface area is 151 Å². The Morgan fingerprint density at radius 2 is 1.78 bits per heavy atom. The number of imidazole rings is 1. The average molecular weight is 380 g/mol. The van der Waals surface area contributed by atoms with Crippen molar-refractivity contribution in [1.82, 2.24) is 29.3 Å². The number of nitrogens with zero attached hydrogens (tertiary/aromatic N) is 7. The molecule has 27 heavy (non-hydrogen) atoms. The normalized spacial score (nSPS) is 11.6. The van der Waals surface area contributed by atoms with Gasteiger partial charge in [-0.25, -0.2) is 19.6 Å². The molecule has 0 saturated carbocycles. The van der Waals surface area contributed by atoms with Gasteiger partial charge in [0.1, 0.15) is 0 Å². The van der Waals surface area contributed by atoms with E-state index in [2.05, 4.69) is 20.1 Å². The van der Waals surface area contributed by atoms with Gasteiger partial charge in [-0.2, -0.15) is 18.3 Å². The Balaban J connectivity index is 2.13. The van der Waals surface area contributed by atoms with Crippen LogP contribution in [0, 0.1) is 0 Å². The largest absolute Gasteiger partial charge is 0.435 e. The van der Waals surface area contributed by atoms with Crippen LogP contribution in [0.2, 0.25) is 0 Å². The van der Waals surface area contributed by atoms with Gasteiger partial charge in [-0.1, -0.05) is 0 Å². The van der Waals surface area contributed by atoms with E-state index in [-0.39, 0.29) is 23.0 Å². The number of primary amides is 1. The molecule has 0 aliphatic rings. The first-order chi connectivity index (χ1) is 12.6. The van der Waals surface area contributed by atoms with Crippen LogP contribution in [0.3, 0.4) is 0 Å². The Kier molecular flexibility index (Phi) is 4.33. The van der Waals surface area contributed by atoms with Crippen LogP contribution in [0.5, 0.6) is 0 Å². The molecule has 0 bridgehead atoms. The van der Waals surface area contributed by atoms with E-state index in [0.29, 0.717) is 5.69 Å². The molecule has 3 heterocycles. The molecular formula is C15H15F3N8O. The number of carbonyl (C=O) groups excluding carboxylic acids is 1. The number of amides is 1. The van der Waals surface area contributed by atoms with Crippen LogP contribution in [-0.2, 0) is 13.2 Å². The van der Waals surface area contributed by atoms with Crippen LogP contribution in [0.25, 0.3) is 17.2 Å². The molecule has 12 heteroatoms. The van der Waals surface area contributed by atoms with Gasteiger partial charge in [0.2, 0.25) is 0 Å². The lowest BCUT2D eigenvalue weighted by Crippen LogP contribution is -2.17. The molecule has 0 aliphatic carbocycles. The highest BCUT2D eigenvalue weighted by atomic mass is 19.4. The van der Waals surface area contributed by atoms with Gasteiger partial charge < -0.3 is 15.2 Å². The molecule has 0 atom stereocenters. The van der Waals surface area contributed by atoms with E-state index in [0.717, 1.165) is 17.1 Å². The first-order valence-corrected chi connectivity index (χ1v) is 7.58. The topological polar surface area (TPSA) is 108 Å². The number of aromatic nitrogens is 6. The first kappa shape index (κ1) is 18.4. The van der Waals surface area contributed by atoms with Crippen molar-refractivity contribution >= 4 is 11.6 Å².